The summed E-state index contributed by atoms with van der Waals surface area (Å²) in [5.41, 5.74) is -0.0486. The molecule has 2 nitrogen and oxygen atoms in total. The van der Waals surface area contributed by atoms with Crippen molar-refractivity contribution in [2.45, 2.75) is 13.0 Å². The van der Waals surface area contributed by atoms with E-state index in [0.29, 0.717) is 0 Å². The highest BCUT2D eigenvalue weighted by Crippen LogP contribution is 2.25. The maximum absolute atomic E-state index is 12.8. The predicted molar refractivity (Wildman–Crippen MR) is 38.7 cm³/mol. The third-order valence-electron chi connectivity index (χ3n) is 1.45. The Hall–Kier alpha value is -1.09. The van der Waals surface area contributed by atoms with Crippen molar-refractivity contribution >= 4 is 0 Å². The molecule has 2 N–H and O–H groups in total. The van der Waals surface area contributed by atoms with E-state index in [1.165, 1.54) is 25.1 Å². The van der Waals surface area contributed by atoms with E-state index in [2.05, 4.69) is 0 Å². The van der Waals surface area contributed by atoms with Gasteiger partial charge >= 0.3 is 0 Å². The van der Waals surface area contributed by atoms with E-state index in [0.717, 1.165) is 0 Å². The molecule has 0 aliphatic rings. The van der Waals surface area contributed by atoms with Gasteiger partial charge in [-0.05, 0) is 19.1 Å². The van der Waals surface area contributed by atoms with Gasteiger partial charge in [0.1, 0.15) is 11.6 Å². The van der Waals surface area contributed by atoms with Crippen LogP contribution in [0.15, 0.2) is 18.2 Å². The van der Waals surface area contributed by atoms with Gasteiger partial charge in [0.05, 0.1) is 11.7 Å². The monoisotopic (exact) mass is 156 g/mol. The highest BCUT2D eigenvalue weighted by atomic mass is 19.1. The SMILES string of the molecule is CC(O)c1c(O)cccc1F. The van der Waals surface area contributed by atoms with Gasteiger partial charge in [-0.25, -0.2) is 4.39 Å². The fraction of sp³-hybridized carbons (Fsp3) is 0.250. The van der Waals surface area contributed by atoms with E-state index in [4.69, 9.17) is 10.2 Å². The van der Waals surface area contributed by atoms with Crippen LogP contribution < -0.4 is 0 Å². The molecular weight excluding hydrogens is 147 g/mol. The summed E-state index contributed by atoms with van der Waals surface area (Å²) in [6.07, 6.45) is -0.976. The molecule has 0 aliphatic heterocycles. The minimum absolute atomic E-state index is 0.0486. The van der Waals surface area contributed by atoms with E-state index in [1.807, 2.05) is 0 Å². The van der Waals surface area contributed by atoms with Crippen molar-refractivity contribution in [2.24, 2.45) is 0 Å². The second-order valence-corrected chi connectivity index (χ2v) is 2.35. The zero-order chi connectivity index (χ0) is 8.43. The van der Waals surface area contributed by atoms with Crippen molar-refractivity contribution in [3.63, 3.8) is 0 Å². The van der Waals surface area contributed by atoms with Crippen molar-refractivity contribution < 1.29 is 14.6 Å². The molecule has 0 heterocycles. The van der Waals surface area contributed by atoms with Crippen LogP contribution in [0, 0.1) is 5.82 Å². The number of phenols is 1. The average molecular weight is 156 g/mol. The topological polar surface area (TPSA) is 40.5 Å². The molecule has 0 fully saturated rings. The Morgan fingerprint density at radius 2 is 2.09 bits per heavy atom. The van der Waals surface area contributed by atoms with Crippen LogP contribution >= 0.6 is 0 Å². The first-order valence-corrected chi connectivity index (χ1v) is 3.28. The summed E-state index contributed by atoms with van der Waals surface area (Å²) < 4.78 is 12.8. The number of benzene rings is 1. The van der Waals surface area contributed by atoms with E-state index in [-0.39, 0.29) is 11.3 Å². The van der Waals surface area contributed by atoms with Crippen molar-refractivity contribution in [3.05, 3.63) is 29.6 Å². The number of aromatic hydroxyl groups is 1. The Morgan fingerprint density at radius 1 is 1.45 bits per heavy atom. The Bertz CT molecular complexity index is 238. The first kappa shape index (κ1) is 8.01. The summed E-state index contributed by atoms with van der Waals surface area (Å²) in [5, 5.41) is 18.0. The lowest BCUT2D eigenvalue weighted by Crippen LogP contribution is -1.95. The summed E-state index contributed by atoms with van der Waals surface area (Å²) in [7, 11) is 0. The number of hydrogen-bond donors (Lipinski definition) is 2. The number of halogens is 1. The van der Waals surface area contributed by atoms with Gasteiger partial charge in [0, 0.05) is 0 Å². The lowest BCUT2D eigenvalue weighted by Gasteiger charge is -2.07. The molecule has 1 unspecified atom stereocenters. The molecule has 60 valence electrons. The molecule has 0 saturated carbocycles. The fourth-order valence-corrected chi connectivity index (χ4v) is 0.939. The van der Waals surface area contributed by atoms with Gasteiger partial charge in [0.15, 0.2) is 0 Å². The molecule has 0 radical (unpaired) electrons. The van der Waals surface area contributed by atoms with E-state index in [1.54, 1.807) is 0 Å². The highest BCUT2D eigenvalue weighted by Gasteiger charge is 2.11. The maximum Gasteiger partial charge on any atom is 0.132 e. The summed E-state index contributed by atoms with van der Waals surface area (Å²) in [6.45, 7) is 1.40. The van der Waals surface area contributed by atoms with Crippen LogP contribution in [0.5, 0.6) is 5.75 Å². The van der Waals surface area contributed by atoms with Gasteiger partial charge in [-0.1, -0.05) is 6.07 Å². The lowest BCUT2D eigenvalue weighted by atomic mass is 10.1. The predicted octanol–water partition coefficient (Wildman–Crippen LogP) is 1.58. The normalized spacial score (nSPS) is 13.0. The number of phenolic OH excluding ortho intramolecular Hbond substituents is 1. The van der Waals surface area contributed by atoms with Gasteiger partial charge < -0.3 is 10.2 Å². The number of aliphatic hydroxyl groups is 1. The molecule has 11 heavy (non-hydrogen) atoms. The van der Waals surface area contributed by atoms with Crippen LogP contribution in [0.1, 0.15) is 18.6 Å². The Morgan fingerprint density at radius 3 is 2.45 bits per heavy atom. The molecule has 0 aromatic heterocycles. The zero-order valence-corrected chi connectivity index (χ0v) is 6.08. The molecule has 0 amide bonds. The molecule has 0 spiro atoms. The molecule has 1 aromatic rings. The Balaban J connectivity index is 3.21. The molecule has 0 saturated heterocycles. The van der Waals surface area contributed by atoms with Crippen molar-refractivity contribution in [3.8, 4) is 5.75 Å². The second kappa shape index (κ2) is 2.88. The van der Waals surface area contributed by atoms with Gasteiger partial charge in [0.25, 0.3) is 0 Å². The van der Waals surface area contributed by atoms with Gasteiger partial charge in [-0.3, -0.25) is 0 Å². The van der Waals surface area contributed by atoms with Crippen LogP contribution in [-0.2, 0) is 0 Å². The van der Waals surface area contributed by atoms with Crippen LogP contribution in [0.4, 0.5) is 4.39 Å². The summed E-state index contributed by atoms with van der Waals surface area (Å²) in [6, 6.07) is 3.92. The lowest BCUT2D eigenvalue weighted by molar-refractivity contribution is 0.189. The molecule has 1 atom stereocenters. The van der Waals surface area contributed by atoms with Gasteiger partial charge in [-0.2, -0.15) is 0 Å². The zero-order valence-electron chi connectivity index (χ0n) is 6.08. The first-order valence-electron chi connectivity index (χ1n) is 3.28. The maximum atomic E-state index is 12.8. The van der Waals surface area contributed by atoms with Gasteiger partial charge in [0.2, 0.25) is 0 Å². The first-order chi connectivity index (χ1) is 5.13. The minimum Gasteiger partial charge on any atom is -0.507 e. The molecule has 3 heteroatoms. The number of hydrogen-bond acceptors (Lipinski definition) is 2. The van der Waals surface area contributed by atoms with Crippen molar-refractivity contribution in [2.75, 3.05) is 0 Å². The summed E-state index contributed by atoms with van der Waals surface area (Å²) in [5.74, 6) is -0.792. The second-order valence-electron chi connectivity index (χ2n) is 2.35. The van der Waals surface area contributed by atoms with Crippen molar-refractivity contribution in [1.29, 1.82) is 0 Å². The van der Waals surface area contributed by atoms with Crippen LogP contribution in [0.2, 0.25) is 0 Å². The standard InChI is InChI=1S/C8H9FO2/c1-5(10)8-6(9)3-2-4-7(8)11/h2-5,10-11H,1H3. The van der Waals surface area contributed by atoms with Crippen LogP contribution in [0.25, 0.3) is 0 Å². The Labute approximate surface area is 63.9 Å². The molecular formula is C8H9FO2. The number of aliphatic hydroxyl groups excluding tert-OH is 1. The van der Waals surface area contributed by atoms with Crippen LogP contribution in [-0.4, -0.2) is 10.2 Å². The fourth-order valence-electron chi connectivity index (χ4n) is 0.939. The Kier molecular flexibility index (Phi) is 2.10. The quantitative estimate of drug-likeness (QED) is 0.648. The van der Waals surface area contributed by atoms with E-state index >= 15 is 0 Å². The van der Waals surface area contributed by atoms with Crippen LogP contribution in [0.3, 0.4) is 0 Å². The third-order valence-corrected chi connectivity index (χ3v) is 1.45. The highest BCUT2D eigenvalue weighted by molar-refractivity contribution is 5.34. The number of rotatable bonds is 1. The summed E-state index contributed by atoms with van der Waals surface area (Å²) in [4.78, 5) is 0. The molecule has 1 aromatic carbocycles. The third kappa shape index (κ3) is 1.49. The molecule has 0 aliphatic carbocycles. The molecule has 1 rings (SSSR count). The molecule has 0 bridgehead atoms. The van der Waals surface area contributed by atoms with E-state index < -0.39 is 11.9 Å². The van der Waals surface area contributed by atoms with Gasteiger partial charge in [-0.15, -0.1) is 0 Å². The largest absolute Gasteiger partial charge is 0.507 e. The minimum atomic E-state index is -0.976. The van der Waals surface area contributed by atoms with E-state index in [9.17, 15) is 4.39 Å². The summed E-state index contributed by atoms with van der Waals surface area (Å²) >= 11 is 0. The average Bonchev–Trinajstić information content (AvgIpc) is 1.85. The van der Waals surface area contributed by atoms with Crippen molar-refractivity contribution in [1.82, 2.24) is 0 Å². The smallest absolute Gasteiger partial charge is 0.132 e.